The van der Waals surface area contributed by atoms with Crippen molar-refractivity contribution < 1.29 is 19.1 Å². The molecule has 0 bridgehead atoms. The maximum Gasteiger partial charge on any atom is 0.277 e. The topological polar surface area (TPSA) is 80.2 Å². The summed E-state index contributed by atoms with van der Waals surface area (Å²) in [7, 11) is 0. The zero-order valence-electron chi connectivity index (χ0n) is 16.4. The fourth-order valence-electron chi connectivity index (χ4n) is 2.35. The summed E-state index contributed by atoms with van der Waals surface area (Å²) < 4.78 is 10.8. The van der Waals surface area contributed by atoms with E-state index in [2.05, 4.69) is 10.5 Å². The van der Waals surface area contributed by atoms with Crippen molar-refractivity contribution in [3.63, 3.8) is 0 Å². The van der Waals surface area contributed by atoms with E-state index in [4.69, 9.17) is 21.1 Å². The van der Waals surface area contributed by atoms with Crippen molar-refractivity contribution in [3.05, 3.63) is 59.1 Å². The molecular formula is C21H24ClN3O4. The smallest absolute Gasteiger partial charge is 0.277 e. The molecule has 0 spiro atoms. The largest absolute Gasteiger partial charge is 0.484 e. The number of nitrogens with one attached hydrogen (secondary N) is 1. The van der Waals surface area contributed by atoms with Crippen molar-refractivity contribution in [3.8, 4) is 11.5 Å². The molecule has 0 aromatic heterocycles. The number of nitrogens with zero attached hydrogens (tertiary/aromatic N) is 2. The highest BCUT2D eigenvalue weighted by Gasteiger charge is 2.09. The molecule has 1 N–H and O–H groups in total. The molecule has 2 aromatic carbocycles. The second-order valence-corrected chi connectivity index (χ2v) is 6.40. The molecule has 0 aliphatic carbocycles. The monoisotopic (exact) mass is 417 g/mol. The minimum Gasteiger partial charge on any atom is -0.484 e. The number of amides is 2. The van der Waals surface area contributed by atoms with Crippen LogP contribution in [0.4, 0.5) is 0 Å². The maximum absolute atomic E-state index is 11.9. The van der Waals surface area contributed by atoms with Crippen LogP contribution < -0.4 is 14.9 Å². The number of hydrazone groups is 1. The van der Waals surface area contributed by atoms with Crippen LogP contribution in [0.25, 0.3) is 0 Å². The Morgan fingerprint density at radius 3 is 2.10 bits per heavy atom. The number of carbonyl (C=O) groups excluding carboxylic acids is 2. The van der Waals surface area contributed by atoms with Crippen molar-refractivity contribution in [1.82, 2.24) is 10.3 Å². The third-order valence-electron chi connectivity index (χ3n) is 3.94. The van der Waals surface area contributed by atoms with Gasteiger partial charge in [-0.2, -0.15) is 5.10 Å². The Morgan fingerprint density at radius 2 is 1.52 bits per heavy atom. The van der Waals surface area contributed by atoms with E-state index in [-0.39, 0.29) is 25.0 Å². The lowest BCUT2D eigenvalue weighted by molar-refractivity contribution is -0.133. The molecule has 0 radical (unpaired) electrons. The van der Waals surface area contributed by atoms with Gasteiger partial charge in [0.2, 0.25) is 0 Å². The molecule has 154 valence electrons. The predicted octanol–water partition coefficient (Wildman–Crippen LogP) is 3.12. The zero-order valence-corrected chi connectivity index (χ0v) is 17.2. The van der Waals surface area contributed by atoms with Gasteiger partial charge in [-0.25, -0.2) is 5.43 Å². The minimum absolute atomic E-state index is 0.00120. The normalized spacial score (nSPS) is 10.6. The lowest BCUT2D eigenvalue weighted by Crippen LogP contribution is -2.34. The van der Waals surface area contributed by atoms with Gasteiger partial charge in [-0.15, -0.1) is 0 Å². The van der Waals surface area contributed by atoms with E-state index in [0.717, 1.165) is 5.56 Å². The summed E-state index contributed by atoms with van der Waals surface area (Å²) >= 11 is 5.79. The number of hydrogen-bond donors (Lipinski definition) is 1. The predicted molar refractivity (Wildman–Crippen MR) is 113 cm³/mol. The molecular weight excluding hydrogens is 394 g/mol. The van der Waals surface area contributed by atoms with E-state index in [0.29, 0.717) is 29.6 Å². The number of halogens is 1. The third kappa shape index (κ3) is 7.83. The molecule has 0 heterocycles. The molecule has 8 heteroatoms. The molecule has 0 atom stereocenters. The molecule has 0 aliphatic heterocycles. The number of benzene rings is 2. The van der Waals surface area contributed by atoms with Crippen molar-refractivity contribution in [1.29, 1.82) is 0 Å². The van der Waals surface area contributed by atoms with Crippen molar-refractivity contribution in [2.75, 3.05) is 26.3 Å². The fourth-order valence-corrected chi connectivity index (χ4v) is 2.48. The minimum atomic E-state index is -0.383. The number of likely N-dealkylation sites (N-methyl/N-ethyl adjacent to an activating group) is 1. The van der Waals surface area contributed by atoms with Crippen LogP contribution in [0, 0.1) is 0 Å². The van der Waals surface area contributed by atoms with Crippen LogP contribution >= 0.6 is 11.6 Å². The average Bonchev–Trinajstić information content (AvgIpc) is 2.73. The van der Waals surface area contributed by atoms with Gasteiger partial charge in [0.15, 0.2) is 13.2 Å². The Bertz CT molecular complexity index is 819. The van der Waals surface area contributed by atoms with E-state index in [1.165, 1.54) is 6.21 Å². The van der Waals surface area contributed by atoms with Gasteiger partial charge in [-0.05, 0) is 67.9 Å². The van der Waals surface area contributed by atoms with Crippen LogP contribution in [0.3, 0.4) is 0 Å². The molecule has 2 amide bonds. The second-order valence-electron chi connectivity index (χ2n) is 5.96. The van der Waals surface area contributed by atoms with Gasteiger partial charge in [0.1, 0.15) is 11.5 Å². The van der Waals surface area contributed by atoms with Gasteiger partial charge < -0.3 is 14.4 Å². The second kappa shape index (κ2) is 11.7. The number of rotatable bonds is 10. The summed E-state index contributed by atoms with van der Waals surface area (Å²) in [5, 5.41) is 4.49. The molecule has 2 aromatic rings. The Morgan fingerprint density at radius 1 is 0.966 bits per heavy atom. The van der Waals surface area contributed by atoms with Crippen molar-refractivity contribution >= 4 is 29.6 Å². The van der Waals surface area contributed by atoms with E-state index in [9.17, 15) is 9.59 Å². The Labute approximate surface area is 175 Å². The van der Waals surface area contributed by atoms with Crippen molar-refractivity contribution in [2.24, 2.45) is 5.10 Å². The van der Waals surface area contributed by atoms with Crippen LogP contribution in [-0.4, -0.2) is 49.2 Å². The summed E-state index contributed by atoms with van der Waals surface area (Å²) in [6, 6.07) is 13.7. The van der Waals surface area contributed by atoms with Crippen LogP contribution in [0.2, 0.25) is 5.02 Å². The molecule has 7 nitrogen and oxygen atoms in total. The standard InChI is InChI=1S/C21H24ClN3O4/c1-3-25(4-2)21(27)15-29-18-9-5-16(6-10-18)13-23-24-20(26)14-28-19-11-7-17(22)8-12-19/h5-13H,3-4,14-15H2,1-2H3,(H,24,26)/b23-13-. The van der Waals surface area contributed by atoms with E-state index >= 15 is 0 Å². The van der Waals surface area contributed by atoms with Gasteiger partial charge in [0.05, 0.1) is 6.21 Å². The van der Waals surface area contributed by atoms with Crippen LogP contribution in [0.15, 0.2) is 53.6 Å². The molecule has 0 unspecified atom stereocenters. The summed E-state index contributed by atoms with van der Waals surface area (Å²) in [5.74, 6) is 0.696. The Hall–Kier alpha value is -3.06. The molecule has 2 rings (SSSR count). The van der Waals surface area contributed by atoms with Gasteiger partial charge in [0.25, 0.3) is 11.8 Å². The first kappa shape index (κ1) is 22.2. The Balaban J connectivity index is 1.74. The summed E-state index contributed by atoms with van der Waals surface area (Å²) in [6.07, 6.45) is 1.50. The lowest BCUT2D eigenvalue weighted by atomic mass is 10.2. The molecule has 0 saturated carbocycles. The summed E-state index contributed by atoms with van der Waals surface area (Å²) in [4.78, 5) is 25.4. The average molecular weight is 418 g/mol. The summed E-state index contributed by atoms with van der Waals surface area (Å²) in [6.45, 7) is 5.01. The first-order chi connectivity index (χ1) is 14.0. The number of ether oxygens (including phenoxy) is 2. The van der Waals surface area contributed by atoms with Gasteiger partial charge >= 0.3 is 0 Å². The quantitative estimate of drug-likeness (QED) is 0.475. The Kier molecular flexibility index (Phi) is 8.98. The third-order valence-corrected chi connectivity index (χ3v) is 4.20. The maximum atomic E-state index is 11.9. The van der Waals surface area contributed by atoms with Gasteiger partial charge in [-0.3, -0.25) is 9.59 Å². The van der Waals surface area contributed by atoms with E-state index < -0.39 is 0 Å². The molecule has 0 fully saturated rings. The van der Waals surface area contributed by atoms with Crippen LogP contribution in [-0.2, 0) is 9.59 Å². The molecule has 0 aliphatic rings. The summed E-state index contributed by atoms with van der Waals surface area (Å²) in [5.41, 5.74) is 3.16. The first-order valence-electron chi connectivity index (χ1n) is 9.22. The molecule has 29 heavy (non-hydrogen) atoms. The fraction of sp³-hybridized carbons (Fsp3) is 0.286. The van der Waals surface area contributed by atoms with E-state index in [1.54, 1.807) is 53.4 Å². The highest BCUT2D eigenvalue weighted by Crippen LogP contribution is 2.15. The SMILES string of the molecule is CCN(CC)C(=O)COc1ccc(/C=N\NC(=O)COc2ccc(Cl)cc2)cc1. The van der Waals surface area contributed by atoms with Gasteiger partial charge in [-0.1, -0.05) is 11.6 Å². The highest BCUT2D eigenvalue weighted by molar-refractivity contribution is 6.30. The first-order valence-corrected chi connectivity index (χ1v) is 9.60. The zero-order chi connectivity index (χ0) is 21.1. The van der Waals surface area contributed by atoms with Crippen LogP contribution in [0.1, 0.15) is 19.4 Å². The van der Waals surface area contributed by atoms with Crippen LogP contribution in [0.5, 0.6) is 11.5 Å². The van der Waals surface area contributed by atoms with Crippen molar-refractivity contribution in [2.45, 2.75) is 13.8 Å². The lowest BCUT2D eigenvalue weighted by Gasteiger charge is -2.18. The highest BCUT2D eigenvalue weighted by atomic mass is 35.5. The molecule has 0 saturated heterocycles. The van der Waals surface area contributed by atoms with Gasteiger partial charge in [0, 0.05) is 18.1 Å². The number of carbonyl (C=O) groups is 2. The number of hydrogen-bond acceptors (Lipinski definition) is 5. The van der Waals surface area contributed by atoms with E-state index in [1.807, 2.05) is 13.8 Å².